The zero-order chi connectivity index (χ0) is 12.5. The molecule has 0 aliphatic heterocycles. The van der Waals surface area contributed by atoms with Gasteiger partial charge >= 0.3 is 0 Å². The van der Waals surface area contributed by atoms with Gasteiger partial charge in [0, 0.05) is 17.1 Å². The lowest BCUT2D eigenvalue weighted by Crippen LogP contribution is -2.33. The normalized spacial score (nSPS) is 28.4. The van der Waals surface area contributed by atoms with Crippen LogP contribution in [0.5, 0.6) is 0 Å². The number of nitrogens with zero attached hydrogens (tertiary/aromatic N) is 1. The van der Waals surface area contributed by atoms with Gasteiger partial charge in [-0.15, -0.1) is 0 Å². The van der Waals surface area contributed by atoms with E-state index in [0.717, 1.165) is 17.4 Å². The molecule has 1 saturated carbocycles. The topological polar surface area (TPSA) is 40.7 Å². The lowest BCUT2D eigenvalue weighted by molar-refractivity contribution is 0.276. The maximum atomic E-state index is 4.12. The summed E-state index contributed by atoms with van der Waals surface area (Å²) >= 11 is 0. The second-order valence-corrected chi connectivity index (χ2v) is 5.78. The first-order chi connectivity index (χ1) is 8.74. The Morgan fingerprint density at radius 3 is 3.00 bits per heavy atom. The number of nitrogens with one attached hydrogen (secondary N) is 2. The maximum absolute atomic E-state index is 4.12. The van der Waals surface area contributed by atoms with Crippen molar-refractivity contribution < 1.29 is 0 Å². The first-order valence-corrected chi connectivity index (χ1v) is 6.92. The lowest BCUT2D eigenvalue weighted by Gasteiger charge is -2.34. The Morgan fingerprint density at radius 2 is 2.17 bits per heavy atom. The van der Waals surface area contributed by atoms with Crippen LogP contribution in [-0.4, -0.2) is 16.2 Å². The number of aromatic nitrogens is 2. The summed E-state index contributed by atoms with van der Waals surface area (Å²) in [7, 11) is 0. The molecule has 3 atom stereocenters. The number of hydrogen-bond acceptors (Lipinski definition) is 2. The Hall–Kier alpha value is -1.51. The van der Waals surface area contributed by atoms with Crippen LogP contribution in [0.4, 0.5) is 5.69 Å². The van der Waals surface area contributed by atoms with Gasteiger partial charge in [0.2, 0.25) is 0 Å². The molecule has 1 aromatic heterocycles. The highest BCUT2D eigenvalue weighted by Crippen LogP contribution is 2.32. The van der Waals surface area contributed by atoms with E-state index >= 15 is 0 Å². The molecule has 0 bridgehead atoms. The predicted octanol–water partition coefficient (Wildman–Crippen LogP) is 3.80. The molecule has 0 radical (unpaired) electrons. The third-order valence-electron chi connectivity index (χ3n) is 4.26. The number of fused-ring (bicyclic) bond motifs is 1. The van der Waals surface area contributed by atoms with E-state index in [-0.39, 0.29) is 0 Å². The average molecular weight is 243 g/mol. The van der Waals surface area contributed by atoms with Crippen LogP contribution in [-0.2, 0) is 0 Å². The van der Waals surface area contributed by atoms with E-state index in [4.69, 9.17) is 0 Å². The highest BCUT2D eigenvalue weighted by molar-refractivity contribution is 5.90. The molecule has 1 heterocycles. The number of benzene rings is 1. The number of H-pyrrole nitrogens is 1. The molecule has 2 aromatic rings. The Balaban J connectivity index is 1.82. The third-order valence-corrected chi connectivity index (χ3v) is 4.26. The summed E-state index contributed by atoms with van der Waals surface area (Å²) < 4.78 is 0. The molecule has 0 saturated heterocycles. The van der Waals surface area contributed by atoms with Gasteiger partial charge in [0.25, 0.3) is 0 Å². The molecule has 1 aliphatic rings. The fourth-order valence-electron chi connectivity index (χ4n) is 3.17. The molecule has 0 amide bonds. The molecule has 3 nitrogen and oxygen atoms in total. The van der Waals surface area contributed by atoms with Crippen LogP contribution in [0.25, 0.3) is 10.9 Å². The molecule has 3 heteroatoms. The summed E-state index contributed by atoms with van der Waals surface area (Å²) in [5.74, 6) is 1.62. The van der Waals surface area contributed by atoms with E-state index < -0.39 is 0 Å². The molecule has 18 heavy (non-hydrogen) atoms. The average Bonchev–Trinajstić information content (AvgIpc) is 2.82. The van der Waals surface area contributed by atoms with Gasteiger partial charge in [-0.25, -0.2) is 0 Å². The van der Waals surface area contributed by atoms with Crippen molar-refractivity contribution in [1.29, 1.82) is 0 Å². The zero-order valence-corrected chi connectivity index (χ0v) is 11.1. The molecule has 3 rings (SSSR count). The predicted molar refractivity (Wildman–Crippen MR) is 75.7 cm³/mol. The van der Waals surface area contributed by atoms with Gasteiger partial charge < -0.3 is 5.32 Å². The number of aromatic amines is 1. The second-order valence-electron chi connectivity index (χ2n) is 5.78. The summed E-state index contributed by atoms with van der Waals surface area (Å²) in [6.07, 6.45) is 5.85. The summed E-state index contributed by atoms with van der Waals surface area (Å²) in [6, 6.07) is 6.91. The van der Waals surface area contributed by atoms with Gasteiger partial charge in [0.15, 0.2) is 0 Å². The number of hydrogen-bond donors (Lipinski definition) is 2. The van der Waals surface area contributed by atoms with Crippen molar-refractivity contribution in [3.05, 3.63) is 24.4 Å². The quantitative estimate of drug-likeness (QED) is 0.842. The molecular formula is C15H21N3. The molecule has 3 unspecified atom stereocenters. The Morgan fingerprint density at radius 1 is 1.28 bits per heavy atom. The van der Waals surface area contributed by atoms with Crippen LogP contribution >= 0.6 is 0 Å². The van der Waals surface area contributed by atoms with Crippen LogP contribution in [0.15, 0.2) is 24.4 Å². The van der Waals surface area contributed by atoms with Gasteiger partial charge in [-0.3, -0.25) is 5.10 Å². The van der Waals surface area contributed by atoms with Crippen molar-refractivity contribution in [3.63, 3.8) is 0 Å². The van der Waals surface area contributed by atoms with Crippen molar-refractivity contribution in [2.75, 3.05) is 5.32 Å². The molecule has 0 spiro atoms. The SMILES string of the molecule is CC1CCC(Nc2cccc3[nH]ncc23)C(C)C1. The minimum absolute atomic E-state index is 0.599. The van der Waals surface area contributed by atoms with Crippen molar-refractivity contribution in [2.45, 2.75) is 39.2 Å². The third kappa shape index (κ3) is 2.09. The summed E-state index contributed by atoms with van der Waals surface area (Å²) in [4.78, 5) is 0. The first kappa shape index (κ1) is 11.6. The molecular weight excluding hydrogens is 222 g/mol. The summed E-state index contributed by atoms with van der Waals surface area (Å²) in [5, 5.41) is 12.1. The van der Waals surface area contributed by atoms with E-state index in [9.17, 15) is 0 Å². The molecule has 96 valence electrons. The largest absolute Gasteiger partial charge is 0.381 e. The van der Waals surface area contributed by atoms with E-state index in [1.54, 1.807) is 0 Å². The van der Waals surface area contributed by atoms with Gasteiger partial charge in [-0.2, -0.15) is 5.10 Å². The fourth-order valence-corrected chi connectivity index (χ4v) is 3.17. The first-order valence-electron chi connectivity index (χ1n) is 6.92. The number of rotatable bonds is 2. The Kier molecular flexibility index (Phi) is 2.98. The molecule has 1 aromatic carbocycles. The van der Waals surface area contributed by atoms with Crippen LogP contribution in [0.1, 0.15) is 33.1 Å². The highest BCUT2D eigenvalue weighted by Gasteiger charge is 2.25. The fraction of sp³-hybridized carbons (Fsp3) is 0.533. The van der Waals surface area contributed by atoms with Gasteiger partial charge in [-0.05, 0) is 43.2 Å². The van der Waals surface area contributed by atoms with E-state index in [1.807, 2.05) is 6.20 Å². The number of anilines is 1. The van der Waals surface area contributed by atoms with Crippen LogP contribution in [0.2, 0.25) is 0 Å². The Labute approximate surface area is 108 Å². The minimum atomic E-state index is 0.599. The Bertz CT molecular complexity index is 531. The summed E-state index contributed by atoms with van der Waals surface area (Å²) in [5.41, 5.74) is 2.32. The van der Waals surface area contributed by atoms with Crippen LogP contribution < -0.4 is 5.32 Å². The van der Waals surface area contributed by atoms with E-state index in [0.29, 0.717) is 6.04 Å². The van der Waals surface area contributed by atoms with E-state index in [2.05, 4.69) is 47.6 Å². The maximum Gasteiger partial charge on any atom is 0.0671 e. The van der Waals surface area contributed by atoms with Crippen LogP contribution in [0.3, 0.4) is 0 Å². The van der Waals surface area contributed by atoms with Crippen molar-refractivity contribution in [1.82, 2.24) is 10.2 Å². The smallest absolute Gasteiger partial charge is 0.0671 e. The molecule has 2 N–H and O–H groups in total. The van der Waals surface area contributed by atoms with Crippen LogP contribution in [0, 0.1) is 11.8 Å². The van der Waals surface area contributed by atoms with Gasteiger partial charge in [0.1, 0.15) is 0 Å². The van der Waals surface area contributed by atoms with Crippen molar-refractivity contribution in [2.24, 2.45) is 11.8 Å². The van der Waals surface area contributed by atoms with E-state index in [1.165, 1.54) is 30.3 Å². The molecule has 1 fully saturated rings. The highest BCUT2D eigenvalue weighted by atomic mass is 15.1. The van der Waals surface area contributed by atoms with Crippen molar-refractivity contribution in [3.8, 4) is 0 Å². The monoisotopic (exact) mass is 243 g/mol. The minimum Gasteiger partial charge on any atom is -0.381 e. The van der Waals surface area contributed by atoms with Crippen molar-refractivity contribution >= 4 is 16.6 Å². The van der Waals surface area contributed by atoms with Gasteiger partial charge in [-0.1, -0.05) is 19.9 Å². The molecule has 1 aliphatic carbocycles. The lowest BCUT2D eigenvalue weighted by atomic mass is 9.80. The van der Waals surface area contributed by atoms with Gasteiger partial charge in [0.05, 0.1) is 11.7 Å². The second kappa shape index (κ2) is 4.63. The zero-order valence-electron chi connectivity index (χ0n) is 11.1. The standard InChI is InChI=1S/C15H21N3/c1-10-6-7-13(11(2)8-10)17-14-4-3-5-15-12(14)9-16-18-15/h3-5,9-11,13,17H,6-8H2,1-2H3,(H,16,18). The summed E-state index contributed by atoms with van der Waals surface area (Å²) in [6.45, 7) is 4.73.